The van der Waals surface area contributed by atoms with E-state index in [1.54, 1.807) is 48.5 Å². The fourth-order valence-corrected chi connectivity index (χ4v) is 2.93. The highest BCUT2D eigenvalue weighted by molar-refractivity contribution is 5.97. The summed E-state index contributed by atoms with van der Waals surface area (Å²) in [4.78, 5) is 48.1. The van der Waals surface area contributed by atoms with Gasteiger partial charge >= 0.3 is 5.63 Å². The molecular weight excluding hydrogens is 398 g/mol. The fraction of sp³-hybridized carbons (Fsp3) is 0.217. The van der Waals surface area contributed by atoms with Crippen molar-refractivity contribution in [1.82, 2.24) is 10.6 Å². The third-order valence-corrected chi connectivity index (χ3v) is 4.49. The minimum absolute atomic E-state index is 0.0732. The molecule has 2 aromatic carbocycles. The highest BCUT2D eigenvalue weighted by Crippen LogP contribution is 2.12. The molecule has 8 nitrogen and oxygen atoms in total. The van der Waals surface area contributed by atoms with Gasteiger partial charge in [-0.1, -0.05) is 25.1 Å². The molecule has 0 spiro atoms. The Kier molecular flexibility index (Phi) is 7.16. The van der Waals surface area contributed by atoms with Crippen molar-refractivity contribution in [1.29, 1.82) is 0 Å². The van der Waals surface area contributed by atoms with Gasteiger partial charge in [0, 0.05) is 36.1 Å². The summed E-state index contributed by atoms with van der Waals surface area (Å²) in [6, 6.07) is 14.9. The third kappa shape index (κ3) is 5.79. The van der Waals surface area contributed by atoms with Gasteiger partial charge in [-0.25, -0.2) is 4.79 Å². The maximum atomic E-state index is 12.3. The Labute approximate surface area is 178 Å². The lowest BCUT2D eigenvalue weighted by Crippen LogP contribution is -2.36. The molecule has 0 radical (unpaired) electrons. The van der Waals surface area contributed by atoms with Crippen LogP contribution < -0.4 is 21.6 Å². The number of amides is 3. The number of carbonyl (C=O) groups is 3. The summed E-state index contributed by atoms with van der Waals surface area (Å²) in [6.07, 6.45) is 1.20. The molecule has 3 N–H and O–H groups in total. The second kappa shape index (κ2) is 10.2. The smallest absolute Gasteiger partial charge is 0.349 e. The van der Waals surface area contributed by atoms with Gasteiger partial charge in [-0.15, -0.1) is 0 Å². The molecular formula is C23H23N3O5. The zero-order chi connectivity index (χ0) is 22.2. The van der Waals surface area contributed by atoms with E-state index in [1.807, 2.05) is 6.92 Å². The number of rotatable bonds is 8. The topological polar surface area (TPSA) is 118 Å². The van der Waals surface area contributed by atoms with Crippen LogP contribution in [0.5, 0.6) is 0 Å². The second-order valence-electron chi connectivity index (χ2n) is 6.87. The molecule has 160 valence electrons. The molecule has 0 fully saturated rings. The SMILES string of the molecule is CCCC(=O)Nc1ccc(C(=O)NCCNC(=O)c2cc3ccccc3oc2=O)cc1. The standard InChI is InChI=1S/C23H23N3O5/c1-2-5-20(27)26-17-10-8-15(9-11-17)21(28)24-12-13-25-22(29)18-14-16-6-3-4-7-19(16)31-23(18)30/h3-4,6-11,14H,2,5,12-13H2,1H3,(H,24,28)(H,25,29)(H,26,27). The van der Waals surface area contributed by atoms with Crippen LogP contribution in [0.3, 0.4) is 0 Å². The molecule has 31 heavy (non-hydrogen) atoms. The lowest BCUT2D eigenvalue weighted by molar-refractivity contribution is -0.116. The molecule has 0 aliphatic carbocycles. The van der Waals surface area contributed by atoms with Gasteiger partial charge in [-0.3, -0.25) is 14.4 Å². The fourth-order valence-electron chi connectivity index (χ4n) is 2.93. The Morgan fingerprint density at radius 1 is 0.903 bits per heavy atom. The van der Waals surface area contributed by atoms with Crippen LogP contribution in [0.25, 0.3) is 11.0 Å². The van der Waals surface area contributed by atoms with E-state index in [1.165, 1.54) is 6.07 Å². The van der Waals surface area contributed by atoms with E-state index in [0.29, 0.717) is 28.6 Å². The maximum Gasteiger partial charge on any atom is 0.349 e. The summed E-state index contributed by atoms with van der Waals surface area (Å²) in [5.41, 5.74) is 0.649. The minimum atomic E-state index is -0.716. The number of para-hydroxylation sites is 1. The molecule has 0 saturated heterocycles. The average Bonchev–Trinajstić information content (AvgIpc) is 2.76. The quantitative estimate of drug-likeness (QED) is 0.382. The Balaban J connectivity index is 1.48. The summed E-state index contributed by atoms with van der Waals surface area (Å²) in [6.45, 7) is 2.24. The molecule has 8 heteroatoms. The van der Waals surface area contributed by atoms with E-state index >= 15 is 0 Å². The lowest BCUT2D eigenvalue weighted by Gasteiger charge is -2.08. The van der Waals surface area contributed by atoms with Crippen LogP contribution in [0, 0.1) is 0 Å². The Bertz CT molecular complexity index is 1150. The van der Waals surface area contributed by atoms with Gasteiger partial charge in [0.1, 0.15) is 11.1 Å². The molecule has 1 aromatic heterocycles. The summed E-state index contributed by atoms with van der Waals surface area (Å²) in [7, 11) is 0. The molecule has 3 amide bonds. The van der Waals surface area contributed by atoms with Crippen LogP contribution in [0.4, 0.5) is 5.69 Å². The van der Waals surface area contributed by atoms with Crippen molar-refractivity contribution in [3.05, 3.63) is 76.1 Å². The first-order chi connectivity index (χ1) is 15.0. The molecule has 0 aliphatic heterocycles. The molecule has 0 atom stereocenters. The lowest BCUT2D eigenvalue weighted by atomic mass is 10.2. The molecule has 3 rings (SSSR count). The van der Waals surface area contributed by atoms with E-state index < -0.39 is 11.5 Å². The molecule has 0 bridgehead atoms. The van der Waals surface area contributed by atoms with Gasteiger partial charge in [0.05, 0.1) is 0 Å². The van der Waals surface area contributed by atoms with Crippen LogP contribution in [0.1, 0.15) is 40.5 Å². The number of fused-ring (bicyclic) bond motifs is 1. The van der Waals surface area contributed by atoms with Crippen LogP contribution in [-0.2, 0) is 4.79 Å². The Hall–Kier alpha value is -3.94. The van der Waals surface area contributed by atoms with Crippen LogP contribution in [0.15, 0.2) is 63.8 Å². The number of carbonyl (C=O) groups excluding carboxylic acids is 3. The number of hydrogen-bond acceptors (Lipinski definition) is 5. The molecule has 0 saturated carbocycles. The van der Waals surface area contributed by atoms with Crippen molar-refractivity contribution in [2.24, 2.45) is 0 Å². The maximum absolute atomic E-state index is 12.3. The van der Waals surface area contributed by atoms with Gasteiger partial charge in [-0.05, 0) is 42.8 Å². The van der Waals surface area contributed by atoms with Crippen molar-refractivity contribution in [2.45, 2.75) is 19.8 Å². The van der Waals surface area contributed by atoms with Gasteiger partial charge in [0.15, 0.2) is 0 Å². The Morgan fingerprint density at radius 2 is 1.58 bits per heavy atom. The van der Waals surface area contributed by atoms with Crippen LogP contribution in [0.2, 0.25) is 0 Å². The number of benzene rings is 2. The molecule has 1 heterocycles. The van der Waals surface area contributed by atoms with Crippen LogP contribution in [-0.4, -0.2) is 30.8 Å². The summed E-state index contributed by atoms with van der Waals surface area (Å²) < 4.78 is 5.15. The van der Waals surface area contributed by atoms with Gasteiger partial charge in [-0.2, -0.15) is 0 Å². The first-order valence-electron chi connectivity index (χ1n) is 9.97. The van der Waals surface area contributed by atoms with Gasteiger partial charge in [0.2, 0.25) is 5.91 Å². The summed E-state index contributed by atoms with van der Waals surface area (Å²) in [5, 5.41) is 8.68. The number of hydrogen-bond donors (Lipinski definition) is 3. The van der Waals surface area contributed by atoms with E-state index in [4.69, 9.17) is 4.42 Å². The predicted molar refractivity (Wildman–Crippen MR) is 117 cm³/mol. The Morgan fingerprint density at radius 3 is 2.29 bits per heavy atom. The predicted octanol–water partition coefficient (Wildman–Crippen LogP) is 2.69. The first kappa shape index (κ1) is 21.8. The number of nitrogens with one attached hydrogen (secondary N) is 3. The molecule has 0 aliphatic rings. The van der Waals surface area contributed by atoms with Crippen molar-refractivity contribution in [3.63, 3.8) is 0 Å². The monoisotopic (exact) mass is 421 g/mol. The highest BCUT2D eigenvalue weighted by Gasteiger charge is 2.13. The summed E-state index contributed by atoms with van der Waals surface area (Å²) in [5.74, 6) is -0.956. The van der Waals surface area contributed by atoms with E-state index in [2.05, 4.69) is 16.0 Å². The van der Waals surface area contributed by atoms with Gasteiger partial charge in [0.25, 0.3) is 11.8 Å². The van der Waals surface area contributed by atoms with Crippen molar-refractivity contribution in [2.75, 3.05) is 18.4 Å². The first-order valence-corrected chi connectivity index (χ1v) is 9.97. The van der Waals surface area contributed by atoms with Crippen molar-refractivity contribution >= 4 is 34.4 Å². The molecule has 0 unspecified atom stereocenters. The zero-order valence-corrected chi connectivity index (χ0v) is 17.1. The van der Waals surface area contributed by atoms with E-state index in [-0.39, 0.29) is 30.5 Å². The largest absolute Gasteiger partial charge is 0.422 e. The normalized spacial score (nSPS) is 10.5. The third-order valence-electron chi connectivity index (χ3n) is 4.49. The average molecular weight is 421 g/mol. The molecule has 3 aromatic rings. The van der Waals surface area contributed by atoms with E-state index in [0.717, 1.165) is 6.42 Å². The second-order valence-corrected chi connectivity index (χ2v) is 6.87. The van der Waals surface area contributed by atoms with Crippen molar-refractivity contribution < 1.29 is 18.8 Å². The number of anilines is 1. The van der Waals surface area contributed by atoms with E-state index in [9.17, 15) is 19.2 Å². The minimum Gasteiger partial charge on any atom is -0.422 e. The van der Waals surface area contributed by atoms with Crippen LogP contribution >= 0.6 is 0 Å². The summed E-state index contributed by atoms with van der Waals surface area (Å²) >= 11 is 0. The van der Waals surface area contributed by atoms with Crippen molar-refractivity contribution in [3.8, 4) is 0 Å². The highest BCUT2D eigenvalue weighted by atomic mass is 16.4. The zero-order valence-electron chi connectivity index (χ0n) is 17.1. The van der Waals surface area contributed by atoms with Gasteiger partial charge < -0.3 is 20.4 Å².